The summed E-state index contributed by atoms with van der Waals surface area (Å²) in [5.41, 5.74) is 5.62. The van der Waals surface area contributed by atoms with Crippen LogP contribution in [0.2, 0.25) is 0 Å². The van der Waals surface area contributed by atoms with Crippen molar-refractivity contribution < 1.29 is 28.8 Å². The molecule has 0 fully saturated rings. The molecule has 1 atom stereocenters. The second-order valence-electron chi connectivity index (χ2n) is 10.3. The fraction of sp³-hybridized carbons (Fsp3) is 0.306. The molecule has 0 amide bonds. The van der Waals surface area contributed by atoms with Gasteiger partial charge in [0.15, 0.2) is 5.75 Å². The molecular weight excluding hydrogens is 688 g/mol. The first-order valence-corrected chi connectivity index (χ1v) is 16.0. The van der Waals surface area contributed by atoms with Crippen molar-refractivity contribution in [1.29, 1.82) is 0 Å². The fourth-order valence-electron chi connectivity index (χ4n) is 5.06. The molecule has 0 aliphatic carbocycles. The summed E-state index contributed by atoms with van der Waals surface area (Å²) >= 11 is 7.23. The minimum atomic E-state index is -0.907. The van der Waals surface area contributed by atoms with Gasteiger partial charge in [0.05, 0.1) is 36.7 Å². The smallest absolute Gasteiger partial charge is 0.307 e. The number of carboxylic acids is 1. The van der Waals surface area contributed by atoms with E-state index in [9.17, 15) is 9.90 Å². The van der Waals surface area contributed by atoms with Crippen LogP contribution in [-0.4, -0.2) is 32.4 Å². The average Bonchev–Trinajstić information content (AvgIpc) is 3.00. The Balaban J connectivity index is 0.00000259. The Kier molecular flexibility index (Phi) is 12.7. The summed E-state index contributed by atoms with van der Waals surface area (Å²) in [7, 11) is 4.96. The molecule has 1 unspecified atom stereocenters. The van der Waals surface area contributed by atoms with E-state index in [1.807, 2.05) is 50.2 Å². The molecule has 8 heteroatoms. The molecule has 4 rings (SSSR count). The topological polar surface area (TPSA) is 74.2 Å². The first-order chi connectivity index (χ1) is 21.1. The number of benzene rings is 4. The van der Waals surface area contributed by atoms with Crippen LogP contribution in [0.4, 0.5) is 0 Å². The molecule has 0 bridgehead atoms. The van der Waals surface area contributed by atoms with E-state index >= 15 is 0 Å². The summed E-state index contributed by atoms with van der Waals surface area (Å²) in [4.78, 5) is 11.3. The highest BCUT2D eigenvalue weighted by molar-refractivity contribution is 9.11. The Hall–Kier alpha value is -3.49. The summed E-state index contributed by atoms with van der Waals surface area (Å²) in [5.74, 6) is 2.26. The minimum absolute atomic E-state index is 0.102. The predicted molar refractivity (Wildman–Crippen MR) is 183 cm³/mol. The molecule has 44 heavy (non-hydrogen) atoms. The number of carboxylic acid groups (broad SMARTS) is 1. The summed E-state index contributed by atoms with van der Waals surface area (Å²) in [5, 5.41) is 9.30. The molecule has 6 nitrogen and oxygen atoms in total. The molecule has 234 valence electrons. The first kappa shape index (κ1) is 35.0. The highest BCUT2D eigenvalue weighted by Crippen LogP contribution is 2.48. The van der Waals surface area contributed by atoms with Crippen LogP contribution in [0.15, 0.2) is 75.7 Å². The lowest BCUT2D eigenvalue weighted by Gasteiger charge is -2.26. The van der Waals surface area contributed by atoms with Crippen LogP contribution in [0.5, 0.6) is 28.7 Å². The molecule has 0 saturated heterocycles. The molecule has 1 N–H and O–H groups in total. The molecule has 0 aliphatic rings. The Bertz CT molecular complexity index is 1580. The number of hydrogen-bond donors (Lipinski definition) is 1. The third kappa shape index (κ3) is 8.16. The largest absolute Gasteiger partial charge is 0.497 e. The molecule has 0 radical (unpaired) electrons. The zero-order chi connectivity index (χ0) is 32.6. The van der Waals surface area contributed by atoms with Gasteiger partial charge in [0.2, 0.25) is 0 Å². The third-order valence-corrected chi connectivity index (χ3v) is 8.23. The van der Waals surface area contributed by atoms with E-state index in [0.717, 1.165) is 33.6 Å². The maximum atomic E-state index is 11.3. The summed E-state index contributed by atoms with van der Waals surface area (Å²) < 4.78 is 25.3. The standard InChI is InChI=1S/C34H34Br2O6.C2H6/c1-19(2)25-17-31(42-34-27(35)13-21(14-28(34)36)15-32(37)38)26(18-30(25)41-6)33(22-9-7-8-20(3)12-22)24-11-10-23(39-4)16-29(24)40-5;1-2/h7-14,16-19,33H,15H2,1-6H3,(H,37,38);1-2H3. The van der Waals surface area contributed by atoms with Crippen molar-refractivity contribution >= 4 is 37.8 Å². The van der Waals surface area contributed by atoms with Crippen molar-refractivity contribution in [2.45, 2.75) is 52.9 Å². The van der Waals surface area contributed by atoms with E-state index in [2.05, 4.69) is 70.8 Å². The second-order valence-corrected chi connectivity index (χ2v) is 12.0. The van der Waals surface area contributed by atoms with Gasteiger partial charge in [-0.15, -0.1) is 0 Å². The normalized spacial score (nSPS) is 11.3. The van der Waals surface area contributed by atoms with Gasteiger partial charge in [-0.1, -0.05) is 63.6 Å². The van der Waals surface area contributed by atoms with Gasteiger partial charge in [-0.3, -0.25) is 4.79 Å². The van der Waals surface area contributed by atoms with Crippen LogP contribution in [0.1, 0.15) is 72.9 Å². The number of rotatable bonds is 11. The van der Waals surface area contributed by atoms with E-state index in [-0.39, 0.29) is 18.3 Å². The van der Waals surface area contributed by atoms with Crippen LogP contribution in [0.25, 0.3) is 0 Å². The monoisotopic (exact) mass is 726 g/mol. The van der Waals surface area contributed by atoms with Crippen molar-refractivity contribution in [2.24, 2.45) is 0 Å². The number of ether oxygens (including phenoxy) is 4. The van der Waals surface area contributed by atoms with Crippen molar-refractivity contribution in [1.82, 2.24) is 0 Å². The molecule has 0 saturated carbocycles. The van der Waals surface area contributed by atoms with Crippen molar-refractivity contribution in [3.63, 3.8) is 0 Å². The lowest BCUT2D eigenvalue weighted by Crippen LogP contribution is -2.09. The van der Waals surface area contributed by atoms with E-state index in [4.69, 9.17) is 18.9 Å². The second kappa shape index (κ2) is 16.0. The number of halogens is 2. The maximum Gasteiger partial charge on any atom is 0.307 e. The number of aliphatic carboxylic acids is 1. The number of aryl methyl sites for hydroxylation is 1. The quantitative estimate of drug-likeness (QED) is 0.155. The fourth-order valence-corrected chi connectivity index (χ4v) is 6.51. The lowest BCUT2D eigenvalue weighted by molar-refractivity contribution is -0.136. The van der Waals surface area contributed by atoms with Gasteiger partial charge >= 0.3 is 5.97 Å². The van der Waals surface area contributed by atoms with Crippen LogP contribution < -0.4 is 18.9 Å². The van der Waals surface area contributed by atoms with Crippen LogP contribution in [0.3, 0.4) is 0 Å². The van der Waals surface area contributed by atoms with Gasteiger partial charge in [-0.05, 0) is 86.2 Å². The van der Waals surface area contributed by atoms with Gasteiger partial charge in [0.1, 0.15) is 23.0 Å². The van der Waals surface area contributed by atoms with Crippen LogP contribution in [0, 0.1) is 6.92 Å². The molecule has 0 spiro atoms. The summed E-state index contributed by atoms with van der Waals surface area (Å²) in [6.07, 6.45) is -0.102. The van der Waals surface area contributed by atoms with E-state index < -0.39 is 5.97 Å². The highest BCUT2D eigenvalue weighted by atomic mass is 79.9. The van der Waals surface area contributed by atoms with Gasteiger partial charge in [0, 0.05) is 28.7 Å². The van der Waals surface area contributed by atoms with E-state index in [0.29, 0.717) is 37.5 Å². The molecular formula is C36H40Br2O6. The highest BCUT2D eigenvalue weighted by Gasteiger charge is 2.28. The molecule has 0 aliphatic heterocycles. The number of hydrogen-bond acceptors (Lipinski definition) is 5. The lowest BCUT2D eigenvalue weighted by atomic mass is 9.82. The molecule has 4 aromatic carbocycles. The third-order valence-electron chi connectivity index (χ3n) is 7.05. The summed E-state index contributed by atoms with van der Waals surface area (Å²) in [6, 6.07) is 21.8. The number of methoxy groups -OCH3 is 3. The molecule has 0 aromatic heterocycles. The molecule has 0 heterocycles. The first-order valence-electron chi connectivity index (χ1n) is 14.4. The Labute approximate surface area is 277 Å². The maximum absolute atomic E-state index is 11.3. The van der Waals surface area contributed by atoms with Crippen molar-refractivity contribution in [2.75, 3.05) is 21.3 Å². The van der Waals surface area contributed by atoms with Crippen LogP contribution >= 0.6 is 31.9 Å². The van der Waals surface area contributed by atoms with Gasteiger partial charge < -0.3 is 24.1 Å². The van der Waals surface area contributed by atoms with Gasteiger partial charge in [-0.2, -0.15) is 0 Å². The van der Waals surface area contributed by atoms with Gasteiger partial charge in [-0.25, -0.2) is 0 Å². The van der Waals surface area contributed by atoms with Crippen molar-refractivity contribution in [3.8, 4) is 28.7 Å². The molecule has 4 aromatic rings. The summed E-state index contributed by atoms with van der Waals surface area (Å²) in [6.45, 7) is 10.3. The zero-order valence-electron chi connectivity index (χ0n) is 26.5. The zero-order valence-corrected chi connectivity index (χ0v) is 29.6. The van der Waals surface area contributed by atoms with Gasteiger partial charge in [0.25, 0.3) is 0 Å². The predicted octanol–water partition coefficient (Wildman–Crippen LogP) is 10.3. The van der Waals surface area contributed by atoms with Crippen LogP contribution in [-0.2, 0) is 11.2 Å². The Morgan fingerprint density at radius 1 is 0.773 bits per heavy atom. The number of carbonyl (C=O) groups is 1. The SMILES string of the molecule is CC.COc1ccc(C(c2cccc(C)c2)c2cc(OC)c(C(C)C)cc2Oc2c(Br)cc(CC(=O)O)cc2Br)c(OC)c1. The van der Waals surface area contributed by atoms with Crippen molar-refractivity contribution in [3.05, 3.63) is 109 Å². The van der Waals surface area contributed by atoms with E-state index in [1.54, 1.807) is 33.5 Å². The Morgan fingerprint density at radius 3 is 1.93 bits per heavy atom. The Morgan fingerprint density at radius 2 is 1.39 bits per heavy atom. The average molecular weight is 729 g/mol. The van der Waals surface area contributed by atoms with E-state index in [1.165, 1.54) is 0 Å². The minimum Gasteiger partial charge on any atom is -0.497 e.